The maximum atomic E-state index is 9.69. The number of nitrogens with two attached hydrogens (primary N) is 1. The van der Waals surface area contributed by atoms with E-state index in [0.29, 0.717) is 5.92 Å². The van der Waals surface area contributed by atoms with Crippen molar-refractivity contribution in [1.82, 2.24) is 0 Å². The Balaban J connectivity index is 2.40. The molecule has 2 heteroatoms. The lowest BCUT2D eigenvalue weighted by molar-refractivity contribution is 0.0670. The average molecular weight is 155 g/mol. The van der Waals surface area contributed by atoms with Gasteiger partial charge in [0.1, 0.15) is 0 Å². The van der Waals surface area contributed by atoms with Crippen LogP contribution in [0.1, 0.15) is 33.1 Å². The number of hydrogen-bond acceptors (Lipinski definition) is 2. The molecule has 0 saturated heterocycles. The fraction of sp³-hybridized carbons (Fsp3) is 1.00. The van der Waals surface area contributed by atoms with E-state index in [-0.39, 0.29) is 17.1 Å². The van der Waals surface area contributed by atoms with E-state index in [1.54, 1.807) is 0 Å². The van der Waals surface area contributed by atoms with E-state index >= 15 is 0 Å². The molecule has 0 radical (unpaired) electrons. The van der Waals surface area contributed by atoms with Crippen LogP contribution in [0, 0.1) is 11.3 Å². The number of hydrogen-bond donors (Lipinski definition) is 2. The lowest BCUT2D eigenvalue weighted by atomic mass is 9.76. The second-order valence-electron chi connectivity index (χ2n) is 4.75. The van der Waals surface area contributed by atoms with Crippen LogP contribution in [0.25, 0.3) is 0 Å². The first kappa shape index (κ1) is 7.56. The molecule has 0 aliphatic heterocycles. The molecule has 0 aromatic rings. The smallest absolute Gasteiger partial charge is 0.0727 e. The maximum Gasteiger partial charge on any atom is 0.0727 e. The van der Waals surface area contributed by atoms with Gasteiger partial charge in [0.2, 0.25) is 0 Å². The summed E-state index contributed by atoms with van der Waals surface area (Å²) < 4.78 is 0. The van der Waals surface area contributed by atoms with Crippen LogP contribution in [0.5, 0.6) is 0 Å². The summed E-state index contributed by atoms with van der Waals surface area (Å²) in [5.41, 5.74) is 6.05. The van der Waals surface area contributed by atoms with Gasteiger partial charge in [-0.1, -0.05) is 13.8 Å². The molecule has 0 aromatic carbocycles. The summed E-state index contributed by atoms with van der Waals surface area (Å²) in [7, 11) is 0. The first-order valence-electron chi connectivity index (χ1n) is 4.45. The van der Waals surface area contributed by atoms with Gasteiger partial charge in [0.05, 0.1) is 6.10 Å². The molecule has 2 bridgehead atoms. The fourth-order valence-corrected chi connectivity index (χ4v) is 2.96. The zero-order valence-corrected chi connectivity index (χ0v) is 7.30. The van der Waals surface area contributed by atoms with Crippen LogP contribution >= 0.6 is 0 Å². The van der Waals surface area contributed by atoms with E-state index < -0.39 is 0 Å². The van der Waals surface area contributed by atoms with Crippen molar-refractivity contribution in [2.24, 2.45) is 17.1 Å². The Morgan fingerprint density at radius 3 is 2.27 bits per heavy atom. The molecule has 2 aliphatic carbocycles. The van der Waals surface area contributed by atoms with Gasteiger partial charge < -0.3 is 10.8 Å². The number of aliphatic hydroxyl groups is 1. The van der Waals surface area contributed by atoms with Crippen molar-refractivity contribution >= 4 is 0 Å². The van der Waals surface area contributed by atoms with Crippen LogP contribution < -0.4 is 5.73 Å². The molecule has 2 nitrogen and oxygen atoms in total. The predicted octanol–water partition coefficient (Wildman–Crippen LogP) is 0.885. The van der Waals surface area contributed by atoms with E-state index in [4.69, 9.17) is 5.73 Å². The molecule has 0 heterocycles. The van der Waals surface area contributed by atoms with E-state index in [1.807, 2.05) is 0 Å². The number of aliphatic hydroxyl groups excluding tert-OH is 1. The van der Waals surface area contributed by atoms with Gasteiger partial charge in [-0.25, -0.2) is 0 Å². The standard InChI is InChI=1S/C9H17NO/c1-8(2)6-3-4-9(8,10)7(11)5-6/h6-7,11H,3-5,10H2,1-2H3/t6-,7-,9-/m1/s1. The lowest BCUT2D eigenvalue weighted by Crippen LogP contribution is -2.54. The Labute approximate surface area is 67.8 Å². The van der Waals surface area contributed by atoms with Gasteiger partial charge in [-0.05, 0) is 30.6 Å². The maximum absolute atomic E-state index is 9.69. The Kier molecular flexibility index (Phi) is 1.24. The van der Waals surface area contributed by atoms with Gasteiger partial charge in [0, 0.05) is 5.54 Å². The molecule has 0 spiro atoms. The molecule has 2 aliphatic rings. The van der Waals surface area contributed by atoms with Crippen molar-refractivity contribution in [3.63, 3.8) is 0 Å². The van der Waals surface area contributed by atoms with E-state index in [0.717, 1.165) is 12.8 Å². The summed E-state index contributed by atoms with van der Waals surface area (Å²) in [6.07, 6.45) is 2.88. The predicted molar refractivity (Wildman–Crippen MR) is 44.0 cm³/mol. The zero-order valence-electron chi connectivity index (χ0n) is 7.30. The third kappa shape index (κ3) is 0.651. The van der Waals surface area contributed by atoms with Crippen LogP contribution in [0.4, 0.5) is 0 Å². The Hall–Kier alpha value is -0.0800. The van der Waals surface area contributed by atoms with Gasteiger partial charge in [0.15, 0.2) is 0 Å². The van der Waals surface area contributed by atoms with E-state index in [2.05, 4.69) is 13.8 Å². The van der Waals surface area contributed by atoms with Crippen LogP contribution in [0.15, 0.2) is 0 Å². The van der Waals surface area contributed by atoms with Crippen molar-refractivity contribution in [3.8, 4) is 0 Å². The van der Waals surface area contributed by atoms with Crippen molar-refractivity contribution < 1.29 is 5.11 Å². The van der Waals surface area contributed by atoms with Crippen LogP contribution in [-0.2, 0) is 0 Å². The van der Waals surface area contributed by atoms with Gasteiger partial charge in [0.25, 0.3) is 0 Å². The summed E-state index contributed by atoms with van der Waals surface area (Å²) in [5.74, 6) is 0.655. The largest absolute Gasteiger partial charge is 0.391 e. The Morgan fingerprint density at radius 1 is 1.45 bits per heavy atom. The molecule has 2 fully saturated rings. The van der Waals surface area contributed by atoms with Crippen molar-refractivity contribution in [3.05, 3.63) is 0 Å². The minimum atomic E-state index is -0.280. The molecule has 3 atom stereocenters. The highest BCUT2D eigenvalue weighted by Crippen LogP contribution is 2.58. The molecule has 2 saturated carbocycles. The molecule has 0 amide bonds. The second-order valence-corrected chi connectivity index (χ2v) is 4.75. The summed E-state index contributed by atoms with van der Waals surface area (Å²) in [6, 6.07) is 0. The van der Waals surface area contributed by atoms with Gasteiger partial charge in [-0.3, -0.25) is 0 Å². The van der Waals surface area contributed by atoms with Gasteiger partial charge in [-0.2, -0.15) is 0 Å². The van der Waals surface area contributed by atoms with E-state index in [1.165, 1.54) is 6.42 Å². The number of fused-ring (bicyclic) bond motifs is 2. The molecule has 3 N–H and O–H groups in total. The molecule has 2 rings (SSSR count). The molecule has 0 unspecified atom stereocenters. The van der Waals surface area contributed by atoms with E-state index in [9.17, 15) is 5.11 Å². The Bertz CT molecular complexity index is 190. The zero-order chi connectivity index (χ0) is 8.28. The minimum absolute atomic E-state index is 0.159. The quantitative estimate of drug-likeness (QED) is 0.545. The Morgan fingerprint density at radius 2 is 2.09 bits per heavy atom. The normalized spacial score (nSPS) is 53.5. The minimum Gasteiger partial charge on any atom is -0.391 e. The van der Waals surface area contributed by atoms with Crippen molar-refractivity contribution in [2.45, 2.75) is 44.8 Å². The summed E-state index contributed by atoms with van der Waals surface area (Å²) in [5, 5.41) is 9.69. The first-order chi connectivity index (χ1) is 4.98. The number of rotatable bonds is 0. The highest BCUT2D eigenvalue weighted by atomic mass is 16.3. The third-order valence-corrected chi connectivity index (χ3v) is 4.23. The highest BCUT2D eigenvalue weighted by Gasteiger charge is 2.61. The van der Waals surface area contributed by atoms with Crippen molar-refractivity contribution in [2.75, 3.05) is 0 Å². The molecule has 0 aromatic heterocycles. The molecular formula is C9H17NO. The highest BCUT2D eigenvalue weighted by molar-refractivity contribution is 5.16. The second kappa shape index (κ2) is 1.80. The molecule has 64 valence electrons. The summed E-state index contributed by atoms with van der Waals surface area (Å²) >= 11 is 0. The van der Waals surface area contributed by atoms with Gasteiger partial charge >= 0.3 is 0 Å². The van der Waals surface area contributed by atoms with Crippen LogP contribution in [0.2, 0.25) is 0 Å². The lowest BCUT2D eigenvalue weighted by Gasteiger charge is -2.36. The summed E-state index contributed by atoms with van der Waals surface area (Å²) in [6.45, 7) is 4.39. The fourth-order valence-electron chi connectivity index (χ4n) is 2.96. The topological polar surface area (TPSA) is 46.2 Å². The SMILES string of the molecule is CC1(C)[C@@H]2CC[C@@]1(N)[C@H](O)C2. The van der Waals surface area contributed by atoms with Crippen molar-refractivity contribution in [1.29, 1.82) is 0 Å². The monoisotopic (exact) mass is 155 g/mol. The molecule has 11 heavy (non-hydrogen) atoms. The van der Waals surface area contributed by atoms with Crippen LogP contribution in [-0.4, -0.2) is 16.7 Å². The average Bonchev–Trinajstić information content (AvgIpc) is 2.20. The van der Waals surface area contributed by atoms with Gasteiger partial charge in [-0.15, -0.1) is 0 Å². The third-order valence-electron chi connectivity index (χ3n) is 4.23. The van der Waals surface area contributed by atoms with Crippen LogP contribution in [0.3, 0.4) is 0 Å². The summed E-state index contributed by atoms with van der Waals surface area (Å²) in [4.78, 5) is 0. The first-order valence-corrected chi connectivity index (χ1v) is 4.45. The molecular weight excluding hydrogens is 138 g/mol.